The summed E-state index contributed by atoms with van der Waals surface area (Å²) in [6.07, 6.45) is 12.0. The van der Waals surface area contributed by atoms with E-state index in [4.69, 9.17) is 4.74 Å². The molecule has 5 heteroatoms. The number of phenolic OH excluding ortho intramolecular Hbond substituents is 1. The lowest BCUT2D eigenvalue weighted by Crippen LogP contribution is -2.42. The van der Waals surface area contributed by atoms with E-state index in [2.05, 4.69) is 26.8 Å². The fourth-order valence-electron chi connectivity index (χ4n) is 7.42. The number of allylic oxidation sites excluding steroid dienone is 2. The van der Waals surface area contributed by atoms with Crippen molar-refractivity contribution in [2.24, 2.45) is 23.7 Å². The van der Waals surface area contributed by atoms with E-state index in [9.17, 15) is 14.7 Å². The number of ether oxygens (including phenoxy) is 1. The minimum atomic E-state index is -0.246. The van der Waals surface area contributed by atoms with E-state index in [1.54, 1.807) is 11.0 Å². The molecule has 37 heavy (non-hydrogen) atoms. The molecule has 1 N–H and O–H groups in total. The van der Waals surface area contributed by atoms with Gasteiger partial charge in [-0.3, -0.25) is 14.5 Å². The zero-order chi connectivity index (χ0) is 26.1. The summed E-state index contributed by atoms with van der Waals surface area (Å²) in [6, 6.07) is 7.58. The van der Waals surface area contributed by atoms with Crippen LogP contribution in [-0.2, 0) is 14.3 Å². The summed E-state index contributed by atoms with van der Waals surface area (Å²) in [7, 11) is 0. The lowest BCUT2D eigenvalue weighted by Gasteiger charge is -2.33. The minimum absolute atomic E-state index is 0.000362. The molecule has 0 radical (unpaired) electrons. The number of carbonyl (C=O) groups excluding carboxylic acids is 2. The quantitative estimate of drug-likeness (QED) is 0.317. The molecule has 2 aliphatic heterocycles. The summed E-state index contributed by atoms with van der Waals surface area (Å²) in [5.41, 5.74) is 4.84. The fourth-order valence-corrected chi connectivity index (χ4v) is 7.42. The van der Waals surface area contributed by atoms with E-state index in [1.165, 1.54) is 23.1 Å². The molecule has 0 spiro atoms. The molecule has 5 rings (SSSR count). The number of nitrogens with zero attached hydrogens (tertiary/aromatic N) is 1. The standard InChI is InChI=1S/C32H43NO4/c1-4-10-21(17-22-11-8-9-14-27(22)34)15-16-28-29-24(20(2)3)18-25-30(26(29)19-37-28)32(36)33(31(25)35)23-12-6-5-7-13-23/h8-9,11,14,17,20,23,25-26,28,30,34H,4-7,10,12-13,15-16,18-19H2,1-3H3/b21-17+/t25-,26+,28-,30-/m1/s1. The fraction of sp³-hybridized carbons (Fsp3) is 0.625. The van der Waals surface area contributed by atoms with E-state index in [1.807, 2.05) is 18.2 Å². The second-order valence-electron chi connectivity index (χ2n) is 11.9. The van der Waals surface area contributed by atoms with Crippen molar-refractivity contribution in [3.8, 4) is 5.75 Å². The highest BCUT2D eigenvalue weighted by Crippen LogP contribution is 2.52. The third-order valence-corrected chi connectivity index (χ3v) is 9.21. The number of aromatic hydroxyl groups is 1. The van der Waals surface area contributed by atoms with Gasteiger partial charge in [-0.1, -0.05) is 81.9 Å². The maximum atomic E-state index is 13.8. The number of phenols is 1. The van der Waals surface area contributed by atoms with Crippen LogP contribution in [0.15, 0.2) is 41.0 Å². The topological polar surface area (TPSA) is 66.8 Å². The van der Waals surface area contributed by atoms with Crippen LogP contribution in [0.5, 0.6) is 5.75 Å². The molecule has 0 aromatic heterocycles. The van der Waals surface area contributed by atoms with E-state index >= 15 is 0 Å². The Bertz CT molecular complexity index is 1080. The average molecular weight is 506 g/mol. The van der Waals surface area contributed by atoms with Crippen molar-refractivity contribution in [2.45, 2.75) is 97.1 Å². The Morgan fingerprint density at radius 2 is 1.84 bits per heavy atom. The first-order valence-corrected chi connectivity index (χ1v) is 14.6. The lowest BCUT2D eigenvalue weighted by atomic mass is 9.67. The van der Waals surface area contributed by atoms with Gasteiger partial charge in [-0.15, -0.1) is 0 Å². The molecule has 5 nitrogen and oxygen atoms in total. The molecule has 1 aromatic carbocycles. The van der Waals surface area contributed by atoms with E-state index in [0.717, 1.165) is 56.9 Å². The number of amides is 2. The van der Waals surface area contributed by atoms with Crippen LogP contribution in [-0.4, -0.2) is 40.6 Å². The number of hydrogen-bond donors (Lipinski definition) is 1. The summed E-state index contributed by atoms with van der Waals surface area (Å²) in [5, 5.41) is 10.3. The number of carbonyl (C=O) groups is 2. The summed E-state index contributed by atoms with van der Waals surface area (Å²) < 4.78 is 6.44. The Morgan fingerprint density at radius 3 is 2.54 bits per heavy atom. The van der Waals surface area contributed by atoms with Gasteiger partial charge in [0.05, 0.1) is 24.5 Å². The lowest BCUT2D eigenvalue weighted by molar-refractivity contribution is -0.143. The number of hydrogen-bond acceptors (Lipinski definition) is 4. The maximum Gasteiger partial charge on any atom is 0.234 e. The highest BCUT2D eigenvalue weighted by Gasteiger charge is 2.58. The molecule has 1 saturated carbocycles. The molecule has 3 fully saturated rings. The first kappa shape index (κ1) is 26.2. The zero-order valence-electron chi connectivity index (χ0n) is 22.7. The highest BCUT2D eigenvalue weighted by molar-refractivity contribution is 6.06. The van der Waals surface area contributed by atoms with E-state index in [0.29, 0.717) is 24.7 Å². The van der Waals surface area contributed by atoms with Gasteiger partial charge in [-0.2, -0.15) is 0 Å². The maximum absolute atomic E-state index is 13.8. The Labute approximate surface area is 222 Å². The number of rotatable bonds is 8. The van der Waals surface area contributed by atoms with Crippen LogP contribution in [0.3, 0.4) is 0 Å². The van der Waals surface area contributed by atoms with Gasteiger partial charge in [0.25, 0.3) is 0 Å². The predicted octanol–water partition coefficient (Wildman–Crippen LogP) is 6.66. The Hall–Kier alpha value is -2.40. The number of fused-ring (bicyclic) bond motifs is 3. The first-order chi connectivity index (χ1) is 17.9. The number of likely N-dealkylation sites (tertiary alicyclic amines) is 1. The molecular formula is C32H43NO4. The van der Waals surface area contributed by atoms with Gasteiger partial charge in [0, 0.05) is 17.5 Å². The Kier molecular flexibility index (Phi) is 7.90. The normalized spacial score (nSPS) is 28.9. The van der Waals surface area contributed by atoms with Crippen molar-refractivity contribution >= 4 is 17.9 Å². The number of imide groups is 1. The number of benzene rings is 1. The molecule has 4 atom stereocenters. The van der Waals surface area contributed by atoms with Crippen LogP contribution in [0.4, 0.5) is 0 Å². The van der Waals surface area contributed by atoms with Gasteiger partial charge in [-0.25, -0.2) is 0 Å². The molecule has 2 aliphatic carbocycles. The van der Waals surface area contributed by atoms with Crippen molar-refractivity contribution in [2.75, 3.05) is 6.61 Å². The second kappa shape index (κ2) is 11.1. The molecule has 2 saturated heterocycles. The molecule has 4 aliphatic rings. The van der Waals surface area contributed by atoms with E-state index in [-0.39, 0.29) is 41.7 Å². The van der Waals surface area contributed by atoms with Crippen LogP contribution >= 0.6 is 0 Å². The molecular weight excluding hydrogens is 462 g/mol. The third-order valence-electron chi connectivity index (χ3n) is 9.21. The molecule has 200 valence electrons. The second-order valence-corrected chi connectivity index (χ2v) is 11.9. The summed E-state index contributed by atoms with van der Waals surface area (Å²) >= 11 is 0. The van der Waals surface area contributed by atoms with Crippen molar-refractivity contribution in [1.29, 1.82) is 0 Å². The SMILES string of the molecule is CCC/C(=C\c1ccccc1O)CC[C@H]1OC[C@H]2C1=C(C(C)C)C[C@H]1C(=O)N(C3CCCCC3)C(=O)[C@H]12. The minimum Gasteiger partial charge on any atom is -0.507 e. The summed E-state index contributed by atoms with van der Waals surface area (Å²) in [4.78, 5) is 29.0. The van der Waals surface area contributed by atoms with Crippen LogP contribution in [0, 0.1) is 23.7 Å². The predicted molar refractivity (Wildman–Crippen MR) is 146 cm³/mol. The number of para-hydroxylation sites is 1. The van der Waals surface area contributed by atoms with Gasteiger partial charge in [-0.05, 0) is 56.1 Å². The van der Waals surface area contributed by atoms with Crippen LogP contribution in [0.1, 0.15) is 90.5 Å². The Balaban J connectivity index is 1.37. The van der Waals surface area contributed by atoms with Gasteiger partial charge in [0.15, 0.2) is 0 Å². The monoisotopic (exact) mass is 505 g/mol. The highest BCUT2D eigenvalue weighted by atomic mass is 16.5. The van der Waals surface area contributed by atoms with Crippen LogP contribution in [0.25, 0.3) is 6.08 Å². The summed E-state index contributed by atoms with van der Waals surface area (Å²) in [6.45, 7) is 7.16. The zero-order valence-corrected chi connectivity index (χ0v) is 22.7. The first-order valence-electron chi connectivity index (χ1n) is 14.6. The average Bonchev–Trinajstić information content (AvgIpc) is 3.42. The van der Waals surface area contributed by atoms with Crippen LogP contribution < -0.4 is 0 Å². The smallest absolute Gasteiger partial charge is 0.234 e. The molecule has 2 heterocycles. The van der Waals surface area contributed by atoms with Crippen LogP contribution in [0.2, 0.25) is 0 Å². The van der Waals surface area contributed by atoms with Crippen molar-refractivity contribution in [3.63, 3.8) is 0 Å². The van der Waals surface area contributed by atoms with Gasteiger partial charge < -0.3 is 9.84 Å². The largest absolute Gasteiger partial charge is 0.507 e. The molecule has 0 unspecified atom stereocenters. The Morgan fingerprint density at radius 1 is 1.08 bits per heavy atom. The van der Waals surface area contributed by atoms with Crippen molar-refractivity contribution < 1.29 is 19.4 Å². The van der Waals surface area contributed by atoms with Crippen molar-refractivity contribution in [3.05, 3.63) is 46.5 Å². The van der Waals surface area contributed by atoms with Gasteiger partial charge in [0.1, 0.15) is 5.75 Å². The summed E-state index contributed by atoms with van der Waals surface area (Å²) in [5.74, 6) is 0.372. The third kappa shape index (κ3) is 5.04. The molecule has 1 aromatic rings. The van der Waals surface area contributed by atoms with Crippen molar-refractivity contribution in [1.82, 2.24) is 4.90 Å². The molecule has 0 bridgehead atoms. The molecule has 2 amide bonds. The van der Waals surface area contributed by atoms with E-state index < -0.39 is 0 Å². The van der Waals surface area contributed by atoms with Gasteiger partial charge in [0.2, 0.25) is 11.8 Å². The van der Waals surface area contributed by atoms with Gasteiger partial charge >= 0.3 is 0 Å².